The van der Waals surface area contributed by atoms with Crippen molar-refractivity contribution in [3.63, 3.8) is 0 Å². The van der Waals surface area contributed by atoms with Crippen LogP contribution in [0, 0.1) is 0 Å². The van der Waals surface area contributed by atoms with Crippen LogP contribution in [-0.2, 0) is 4.79 Å². The molecule has 6 heteroatoms. The van der Waals surface area contributed by atoms with Gasteiger partial charge in [0.1, 0.15) is 4.32 Å². The minimum atomic E-state index is -0.0150. The molecular weight excluding hydrogens is 378 g/mol. The molecule has 2 aromatic rings. The lowest BCUT2D eigenvalue weighted by atomic mass is 10.2. The molecule has 2 nitrogen and oxygen atoms in total. The highest BCUT2D eigenvalue weighted by atomic mass is 35.5. The molecule has 0 atom stereocenters. The SMILES string of the molecule is CCN1C(=O)/C(=C\c2ccccc2Sc2ccc(Cl)cc2)SC1=S. The lowest BCUT2D eigenvalue weighted by molar-refractivity contribution is -0.121. The van der Waals surface area contributed by atoms with E-state index in [0.29, 0.717) is 15.8 Å². The van der Waals surface area contributed by atoms with Gasteiger partial charge in [0.2, 0.25) is 0 Å². The highest BCUT2D eigenvalue weighted by Crippen LogP contribution is 2.36. The van der Waals surface area contributed by atoms with Gasteiger partial charge in [-0.15, -0.1) is 0 Å². The lowest BCUT2D eigenvalue weighted by Crippen LogP contribution is -2.27. The molecule has 0 saturated carbocycles. The van der Waals surface area contributed by atoms with Crippen molar-refractivity contribution in [1.29, 1.82) is 0 Å². The molecule has 1 saturated heterocycles. The van der Waals surface area contributed by atoms with Gasteiger partial charge in [-0.1, -0.05) is 65.5 Å². The van der Waals surface area contributed by atoms with E-state index in [1.165, 1.54) is 11.8 Å². The molecule has 24 heavy (non-hydrogen) atoms. The van der Waals surface area contributed by atoms with E-state index in [4.69, 9.17) is 23.8 Å². The van der Waals surface area contributed by atoms with Gasteiger partial charge in [-0.2, -0.15) is 0 Å². The molecule has 0 unspecified atom stereocenters. The first-order valence-corrected chi connectivity index (χ1v) is 9.78. The first kappa shape index (κ1) is 17.5. The van der Waals surface area contributed by atoms with E-state index in [1.54, 1.807) is 16.7 Å². The van der Waals surface area contributed by atoms with E-state index in [0.717, 1.165) is 20.4 Å². The van der Waals surface area contributed by atoms with Crippen molar-refractivity contribution in [2.24, 2.45) is 0 Å². The molecule has 3 rings (SSSR count). The molecule has 1 fully saturated rings. The third-order valence-electron chi connectivity index (χ3n) is 3.44. The molecule has 1 aliphatic rings. The monoisotopic (exact) mass is 391 g/mol. The summed E-state index contributed by atoms with van der Waals surface area (Å²) >= 11 is 14.2. The number of hydrogen-bond donors (Lipinski definition) is 0. The largest absolute Gasteiger partial charge is 0.293 e. The topological polar surface area (TPSA) is 20.3 Å². The minimum absolute atomic E-state index is 0.0150. The predicted octanol–water partition coefficient (Wildman–Crippen LogP) is 5.71. The van der Waals surface area contributed by atoms with Gasteiger partial charge in [0, 0.05) is 21.4 Å². The number of likely N-dealkylation sites (N-methyl/N-ethyl adjacent to an activating group) is 1. The lowest BCUT2D eigenvalue weighted by Gasteiger charge is -2.10. The van der Waals surface area contributed by atoms with Crippen molar-refractivity contribution in [3.8, 4) is 0 Å². The van der Waals surface area contributed by atoms with Crippen molar-refractivity contribution in [1.82, 2.24) is 4.90 Å². The summed E-state index contributed by atoms with van der Waals surface area (Å²) in [5.41, 5.74) is 1.01. The van der Waals surface area contributed by atoms with Gasteiger partial charge in [0.15, 0.2) is 0 Å². The predicted molar refractivity (Wildman–Crippen MR) is 108 cm³/mol. The van der Waals surface area contributed by atoms with Crippen LogP contribution in [0.1, 0.15) is 12.5 Å². The van der Waals surface area contributed by atoms with Gasteiger partial charge in [-0.3, -0.25) is 9.69 Å². The summed E-state index contributed by atoms with van der Waals surface area (Å²) in [6.45, 7) is 2.53. The molecule has 0 spiro atoms. The number of rotatable bonds is 4. The third-order valence-corrected chi connectivity index (χ3v) is 6.17. The number of amides is 1. The Labute approximate surface area is 160 Å². The summed E-state index contributed by atoms with van der Waals surface area (Å²) in [4.78, 5) is 16.9. The molecule has 0 aliphatic carbocycles. The van der Waals surface area contributed by atoms with Gasteiger partial charge in [0.05, 0.1) is 4.91 Å². The van der Waals surface area contributed by atoms with Gasteiger partial charge < -0.3 is 0 Å². The first-order chi connectivity index (χ1) is 11.6. The van der Waals surface area contributed by atoms with E-state index in [1.807, 2.05) is 61.5 Å². The zero-order chi connectivity index (χ0) is 17.1. The normalized spacial score (nSPS) is 16.2. The molecule has 0 N–H and O–H groups in total. The van der Waals surface area contributed by atoms with Crippen molar-refractivity contribution >= 4 is 63.6 Å². The Balaban J connectivity index is 1.90. The highest BCUT2D eigenvalue weighted by Gasteiger charge is 2.30. The second kappa shape index (κ2) is 7.74. The molecule has 122 valence electrons. The average Bonchev–Trinajstić information content (AvgIpc) is 2.85. The van der Waals surface area contributed by atoms with Crippen LogP contribution in [0.25, 0.3) is 6.08 Å². The smallest absolute Gasteiger partial charge is 0.266 e. The second-order valence-corrected chi connectivity index (χ2v) is 8.25. The molecule has 1 aliphatic heterocycles. The summed E-state index contributed by atoms with van der Waals surface area (Å²) in [6.07, 6.45) is 1.92. The number of nitrogens with zero attached hydrogens (tertiary/aromatic N) is 1. The maximum Gasteiger partial charge on any atom is 0.266 e. The van der Waals surface area contributed by atoms with Crippen LogP contribution >= 0.6 is 47.3 Å². The van der Waals surface area contributed by atoms with Crippen molar-refractivity contribution < 1.29 is 4.79 Å². The Kier molecular flexibility index (Phi) is 5.66. The maximum absolute atomic E-state index is 12.4. The fourth-order valence-corrected chi connectivity index (χ4v) is 4.65. The zero-order valence-corrected chi connectivity index (χ0v) is 16.1. The van der Waals surface area contributed by atoms with Crippen LogP contribution in [0.3, 0.4) is 0 Å². The number of thioether (sulfide) groups is 1. The Morgan fingerprint density at radius 2 is 1.92 bits per heavy atom. The molecule has 2 aromatic carbocycles. The minimum Gasteiger partial charge on any atom is -0.293 e. The maximum atomic E-state index is 12.4. The zero-order valence-electron chi connectivity index (χ0n) is 12.9. The van der Waals surface area contributed by atoms with E-state index < -0.39 is 0 Å². The van der Waals surface area contributed by atoms with Crippen LogP contribution in [0.5, 0.6) is 0 Å². The number of carbonyl (C=O) groups is 1. The molecule has 0 aromatic heterocycles. The Morgan fingerprint density at radius 1 is 1.21 bits per heavy atom. The third kappa shape index (κ3) is 3.86. The molecule has 0 bridgehead atoms. The fraction of sp³-hybridized carbons (Fsp3) is 0.111. The quantitative estimate of drug-likeness (QED) is 0.491. The summed E-state index contributed by atoms with van der Waals surface area (Å²) < 4.78 is 0.622. The summed E-state index contributed by atoms with van der Waals surface area (Å²) in [6, 6.07) is 15.7. The number of hydrogen-bond acceptors (Lipinski definition) is 4. The number of thiocarbonyl (C=S) groups is 1. The van der Waals surface area contributed by atoms with E-state index >= 15 is 0 Å². The second-order valence-electron chi connectivity index (χ2n) is 5.02. The average molecular weight is 392 g/mol. The van der Waals surface area contributed by atoms with E-state index in [9.17, 15) is 4.79 Å². The summed E-state index contributed by atoms with van der Waals surface area (Å²) in [5.74, 6) is -0.0150. The van der Waals surface area contributed by atoms with Crippen LogP contribution in [0.2, 0.25) is 5.02 Å². The van der Waals surface area contributed by atoms with Crippen LogP contribution in [0.4, 0.5) is 0 Å². The van der Waals surface area contributed by atoms with E-state index in [2.05, 4.69) is 0 Å². The molecule has 1 heterocycles. The Bertz CT molecular complexity index is 817. The van der Waals surface area contributed by atoms with Crippen LogP contribution in [-0.4, -0.2) is 21.7 Å². The van der Waals surface area contributed by atoms with E-state index in [-0.39, 0.29) is 5.91 Å². The summed E-state index contributed by atoms with van der Waals surface area (Å²) in [7, 11) is 0. The molecule has 0 radical (unpaired) electrons. The number of carbonyl (C=O) groups excluding carboxylic acids is 1. The first-order valence-electron chi connectivity index (χ1n) is 7.36. The van der Waals surface area contributed by atoms with Gasteiger partial charge in [0.25, 0.3) is 5.91 Å². The summed E-state index contributed by atoms with van der Waals surface area (Å²) in [5, 5.41) is 0.718. The standard InChI is InChI=1S/C18H14ClNOS3/c1-2-20-17(21)16(24-18(20)22)11-12-5-3-4-6-15(12)23-14-9-7-13(19)8-10-14/h3-11H,2H2,1H3/b16-11+. The van der Waals surface area contributed by atoms with Crippen LogP contribution < -0.4 is 0 Å². The Hall–Kier alpha value is -1.27. The van der Waals surface area contributed by atoms with Crippen molar-refractivity contribution in [2.75, 3.05) is 6.54 Å². The van der Waals surface area contributed by atoms with Gasteiger partial charge in [-0.25, -0.2) is 0 Å². The van der Waals surface area contributed by atoms with Gasteiger partial charge >= 0.3 is 0 Å². The van der Waals surface area contributed by atoms with Crippen molar-refractivity contribution in [2.45, 2.75) is 16.7 Å². The fourth-order valence-electron chi connectivity index (χ4n) is 2.24. The van der Waals surface area contributed by atoms with Gasteiger partial charge in [-0.05, 0) is 48.9 Å². The molecular formula is C18H14ClNOS3. The van der Waals surface area contributed by atoms with Crippen molar-refractivity contribution in [3.05, 3.63) is 64.0 Å². The number of halogens is 1. The Morgan fingerprint density at radius 3 is 2.58 bits per heavy atom. The van der Waals surface area contributed by atoms with Crippen LogP contribution in [0.15, 0.2) is 63.2 Å². The molecule has 1 amide bonds. The number of benzene rings is 2. The highest BCUT2D eigenvalue weighted by molar-refractivity contribution is 8.26.